The van der Waals surface area contributed by atoms with Crippen molar-refractivity contribution in [2.45, 2.75) is 31.8 Å². The molecule has 3 rings (SSSR count). The van der Waals surface area contributed by atoms with Crippen LogP contribution in [0, 0.1) is 11.7 Å². The van der Waals surface area contributed by atoms with Crippen LogP contribution < -0.4 is 4.72 Å². The summed E-state index contributed by atoms with van der Waals surface area (Å²) in [5, 5.41) is 0. The van der Waals surface area contributed by atoms with Crippen LogP contribution in [-0.4, -0.2) is 23.0 Å². The molecule has 0 saturated heterocycles. The van der Waals surface area contributed by atoms with Crippen molar-refractivity contribution in [3.8, 4) is 0 Å². The van der Waals surface area contributed by atoms with Gasteiger partial charge in [-0.1, -0.05) is 13.8 Å². The molecule has 3 aromatic rings. The number of rotatable bonds is 6. The van der Waals surface area contributed by atoms with Gasteiger partial charge in [0.1, 0.15) is 17.2 Å². The van der Waals surface area contributed by atoms with Crippen LogP contribution in [0.2, 0.25) is 0 Å². The van der Waals surface area contributed by atoms with Crippen LogP contribution in [0.25, 0.3) is 11.2 Å². The molecule has 1 aromatic carbocycles. The number of pyridine rings is 1. The van der Waals surface area contributed by atoms with Crippen LogP contribution in [0.15, 0.2) is 47.5 Å². The Kier molecular flexibility index (Phi) is 4.82. The zero-order chi connectivity index (χ0) is 18.0. The molecule has 0 bridgehead atoms. The summed E-state index contributed by atoms with van der Waals surface area (Å²) in [5.74, 6) is 0.462. The topological polar surface area (TPSA) is 76.9 Å². The van der Waals surface area contributed by atoms with Gasteiger partial charge in [-0.15, -0.1) is 0 Å². The zero-order valence-corrected chi connectivity index (χ0v) is 14.8. The highest BCUT2D eigenvalue weighted by molar-refractivity contribution is 7.89. The average Bonchev–Trinajstić information content (AvgIpc) is 2.91. The van der Waals surface area contributed by atoms with E-state index in [1.807, 2.05) is 10.6 Å². The summed E-state index contributed by atoms with van der Waals surface area (Å²) in [4.78, 5) is 8.85. The number of sulfonamides is 1. The van der Waals surface area contributed by atoms with E-state index in [1.165, 1.54) is 12.1 Å². The predicted octanol–water partition coefficient (Wildman–Crippen LogP) is 2.70. The maximum absolute atomic E-state index is 13.0. The SMILES string of the molecule is CC(C)Cn1c(CNS(=O)(=O)c2ccc(F)cc2)nc2cccnc21. The maximum atomic E-state index is 13.0. The second-order valence-corrected chi connectivity index (χ2v) is 7.92. The van der Waals surface area contributed by atoms with E-state index in [-0.39, 0.29) is 11.4 Å². The van der Waals surface area contributed by atoms with Gasteiger partial charge in [-0.3, -0.25) is 0 Å². The molecule has 25 heavy (non-hydrogen) atoms. The predicted molar refractivity (Wildman–Crippen MR) is 92.8 cm³/mol. The molecule has 0 aliphatic carbocycles. The third kappa shape index (κ3) is 3.85. The van der Waals surface area contributed by atoms with Crippen molar-refractivity contribution < 1.29 is 12.8 Å². The maximum Gasteiger partial charge on any atom is 0.240 e. The number of imidazole rings is 1. The minimum absolute atomic E-state index is 0.0125. The molecule has 0 unspecified atom stereocenters. The van der Waals surface area contributed by atoms with Gasteiger partial charge in [-0.25, -0.2) is 27.5 Å². The van der Waals surface area contributed by atoms with E-state index in [9.17, 15) is 12.8 Å². The molecule has 6 nitrogen and oxygen atoms in total. The number of nitrogens with one attached hydrogen (secondary N) is 1. The van der Waals surface area contributed by atoms with Crippen LogP contribution in [0.3, 0.4) is 0 Å². The van der Waals surface area contributed by atoms with Crippen LogP contribution in [0.1, 0.15) is 19.7 Å². The van der Waals surface area contributed by atoms with Gasteiger partial charge >= 0.3 is 0 Å². The summed E-state index contributed by atoms with van der Waals surface area (Å²) in [5.41, 5.74) is 1.45. The van der Waals surface area contributed by atoms with E-state index in [4.69, 9.17) is 0 Å². The highest BCUT2D eigenvalue weighted by Crippen LogP contribution is 2.17. The third-order valence-electron chi connectivity index (χ3n) is 3.67. The second-order valence-electron chi connectivity index (χ2n) is 6.16. The van der Waals surface area contributed by atoms with Crippen molar-refractivity contribution in [2.75, 3.05) is 0 Å². The Morgan fingerprint density at radius 3 is 2.60 bits per heavy atom. The highest BCUT2D eigenvalue weighted by atomic mass is 32.2. The smallest absolute Gasteiger partial charge is 0.240 e. The van der Waals surface area contributed by atoms with Crippen molar-refractivity contribution in [3.05, 3.63) is 54.2 Å². The van der Waals surface area contributed by atoms with Crippen LogP contribution in [0.4, 0.5) is 4.39 Å². The van der Waals surface area contributed by atoms with Crippen LogP contribution >= 0.6 is 0 Å². The minimum Gasteiger partial charge on any atom is -0.311 e. The fourth-order valence-electron chi connectivity index (χ4n) is 2.55. The van der Waals surface area contributed by atoms with E-state index in [0.29, 0.717) is 18.3 Å². The summed E-state index contributed by atoms with van der Waals surface area (Å²) in [7, 11) is -3.75. The van der Waals surface area contributed by atoms with Gasteiger partial charge in [-0.05, 0) is 42.3 Å². The Labute approximate surface area is 145 Å². The lowest BCUT2D eigenvalue weighted by molar-refractivity contribution is 0.510. The van der Waals surface area contributed by atoms with E-state index in [1.54, 1.807) is 12.3 Å². The number of hydrogen-bond donors (Lipinski definition) is 1. The molecule has 0 spiro atoms. The lowest BCUT2D eigenvalue weighted by Gasteiger charge is -2.12. The first kappa shape index (κ1) is 17.5. The minimum atomic E-state index is -3.75. The Hall–Kier alpha value is -2.32. The molecule has 0 aliphatic heterocycles. The first-order chi connectivity index (χ1) is 11.9. The Balaban J connectivity index is 1.88. The molecule has 0 aliphatic rings. The van der Waals surface area contributed by atoms with Gasteiger partial charge in [0, 0.05) is 12.7 Å². The molecule has 1 N–H and O–H groups in total. The molecular formula is C17H19FN4O2S. The van der Waals surface area contributed by atoms with Gasteiger partial charge in [0.2, 0.25) is 10.0 Å². The molecule has 2 aromatic heterocycles. The summed E-state index contributed by atoms with van der Waals surface area (Å²) in [6, 6.07) is 8.34. The summed E-state index contributed by atoms with van der Waals surface area (Å²) in [6.45, 7) is 4.85. The summed E-state index contributed by atoms with van der Waals surface area (Å²) < 4.78 is 42.2. The van der Waals surface area contributed by atoms with Crippen molar-refractivity contribution in [3.63, 3.8) is 0 Å². The number of nitrogens with zero attached hydrogens (tertiary/aromatic N) is 3. The molecule has 0 amide bonds. The zero-order valence-electron chi connectivity index (χ0n) is 14.0. The van der Waals surface area contributed by atoms with Gasteiger partial charge in [0.25, 0.3) is 0 Å². The van der Waals surface area contributed by atoms with Crippen molar-refractivity contribution >= 4 is 21.2 Å². The molecular weight excluding hydrogens is 343 g/mol. The normalized spacial score (nSPS) is 12.2. The Morgan fingerprint density at radius 1 is 1.20 bits per heavy atom. The van der Waals surface area contributed by atoms with Gasteiger partial charge < -0.3 is 4.57 Å². The average molecular weight is 362 g/mol. The molecule has 0 fully saturated rings. The second kappa shape index (κ2) is 6.89. The first-order valence-corrected chi connectivity index (χ1v) is 9.40. The van der Waals surface area contributed by atoms with E-state index in [0.717, 1.165) is 23.3 Å². The van der Waals surface area contributed by atoms with E-state index < -0.39 is 15.8 Å². The molecule has 0 saturated carbocycles. The number of hydrogen-bond acceptors (Lipinski definition) is 4. The summed E-state index contributed by atoms with van der Waals surface area (Å²) in [6.07, 6.45) is 1.69. The lowest BCUT2D eigenvalue weighted by atomic mass is 10.2. The first-order valence-electron chi connectivity index (χ1n) is 7.92. The number of halogens is 1. The third-order valence-corrected chi connectivity index (χ3v) is 5.09. The summed E-state index contributed by atoms with van der Waals surface area (Å²) >= 11 is 0. The van der Waals surface area contributed by atoms with Crippen LogP contribution in [-0.2, 0) is 23.1 Å². The van der Waals surface area contributed by atoms with Gasteiger partial charge in [0.15, 0.2) is 5.65 Å². The molecule has 132 valence electrons. The fourth-order valence-corrected chi connectivity index (χ4v) is 3.53. The quantitative estimate of drug-likeness (QED) is 0.731. The number of aromatic nitrogens is 3. The highest BCUT2D eigenvalue weighted by Gasteiger charge is 2.18. The fraction of sp³-hybridized carbons (Fsp3) is 0.294. The van der Waals surface area contributed by atoms with Crippen LogP contribution in [0.5, 0.6) is 0 Å². The van der Waals surface area contributed by atoms with Gasteiger partial charge in [0.05, 0.1) is 11.4 Å². The van der Waals surface area contributed by atoms with Crippen molar-refractivity contribution in [1.29, 1.82) is 0 Å². The largest absolute Gasteiger partial charge is 0.311 e. The Morgan fingerprint density at radius 2 is 1.92 bits per heavy atom. The molecule has 0 radical (unpaired) electrons. The standard InChI is InChI=1S/C17H19FN4O2S/c1-12(2)11-22-16(21-15-4-3-9-19-17(15)22)10-20-25(23,24)14-7-5-13(18)6-8-14/h3-9,12,20H,10-11H2,1-2H3. The molecule has 8 heteroatoms. The van der Waals surface area contributed by atoms with Crippen molar-refractivity contribution in [1.82, 2.24) is 19.3 Å². The van der Waals surface area contributed by atoms with E-state index >= 15 is 0 Å². The van der Waals surface area contributed by atoms with E-state index in [2.05, 4.69) is 28.5 Å². The monoisotopic (exact) mass is 362 g/mol. The number of fused-ring (bicyclic) bond motifs is 1. The van der Waals surface area contributed by atoms with Crippen molar-refractivity contribution in [2.24, 2.45) is 5.92 Å². The van der Waals surface area contributed by atoms with Gasteiger partial charge in [-0.2, -0.15) is 0 Å². The molecule has 2 heterocycles. The number of benzene rings is 1. The molecule has 0 atom stereocenters. The lowest BCUT2D eigenvalue weighted by Crippen LogP contribution is -2.25. The Bertz CT molecular complexity index is 982.